The van der Waals surface area contributed by atoms with E-state index >= 15 is 0 Å². The Morgan fingerprint density at radius 3 is 2.22 bits per heavy atom. The standard InChI is InChI=1S/C15H25NO2/c1-5-14(11-13-9-7-6-8-10-13)16-12(2)15(17-3)18-4/h6-10,12,14-16H,5,11H2,1-4H3. The van der Waals surface area contributed by atoms with Gasteiger partial charge in [-0.2, -0.15) is 0 Å². The molecule has 1 N–H and O–H groups in total. The second kappa shape index (κ2) is 8.25. The molecule has 1 aromatic carbocycles. The topological polar surface area (TPSA) is 30.5 Å². The van der Waals surface area contributed by atoms with Crippen molar-refractivity contribution in [1.82, 2.24) is 5.32 Å². The van der Waals surface area contributed by atoms with Crippen LogP contribution in [0.5, 0.6) is 0 Å². The molecule has 2 unspecified atom stereocenters. The fourth-order valence-corrected chi connectivity index (χ4v) is 2.17. The van der Waals surface area contributed by atoms with Crippen LogP contribution in [-0.4, -0.2) is 32.6 Å². The van der Waals surface area contributed by atoms with E-state index in [1.165, 1.54) is 5.56 Å². The van der Waals surface area contributed by atoms with Crippen molar-refractivity contribution in [3.63, 3.8) is 0 Å². The van der Waals surface area contributed by atoms with Crippen LogP contribution in [-0.2, 0) is 15.9 Å². The van der Waals surface area contributed by atoms with Gasteiger partial charge in [0.1, 0.15) is 0 Å². The molecule has 0 aliphatic heterocycles. The second-order valence-electron chi connectivity index (χ2n) is 4.59. The minimum absolute atomic E-state index is 0.175. The van der Waals surface area contributed by atoms with Crippen molar-refractivity contribution in [2.24, 2.45) is 0 Å². The van der Waals surface area contributed by atoms with Gasteiger partial charge >= 0.3 is 0 Å². The zero-order valence-electron chi connectivity index (χ0n) is 11.8. The van der Waals surface area contributed by atoms with E-state index < -0.39 is 0 Å². The van der Waals surface area contributed by atoms with Crippen molar-refractivity contribution in [3.8, 4) is 0 Å². The Bertz CT molecular complexity index is 312. The van der Waals surface area contributed by atoms with Crippen LogP contribution in [0.2, 0.25) is 0 Å². The summed E-state index contributed by atoms with van der Waals surface area (Å²) in [5.41, 5.74) is 1.36. The molecule has 18 heavy (non-hydrogen) atoms. The van der Waals surface area contributed by atoms with Gasteiger partial charge in [-0.15, -0.1) is 0 Å². The van der Waals surface area contributed by atoms with Gasteiger partial charge in [-0.25, -0.2) is 0 Å². The van der Waals surface area contributed by atoms with Crippen LogP contribution >= 0.6 is 0 Å². The molecule has 0 fully saturated rings. The summed E-state index contributed by atoms with van der Waals surface area (Å²) in [6.45, 7) is 4.28. The average molecular weight is 251 g/mol. The molecule has 0 saturated carbocycles. The highest BCUT2D eigenvalue weighted by Gasteiger charge is 2.18. The summed E-state index contributed by atoms with van der Waals surface area (Å²) in [7, 11) is 3.34. The molecule has 102 valence electrons. The fraction of sp³-hybridized carbons (Fsp3) is 0.600. The van der Waals surface area contributed by atoms with Gasteiger partial charge in [0.25, 0.3) is 0 Å². The van der Waals surface area contributed by atoms with Gasteiger partial charge in [0.2, 0.25) is 0 Å². The summed E-state index contributed by atoms with van der Waals surface area (Å²) in [5.74, 6) is 0. The van der Waals surface area contributed by atoms with E-state index in [9.17, 15) is 0 Å². The van der Waals surface area contributed by atoms with Crippen molar-refractivity contribution in [2.45, 2.75) is 45.1 Å². The van der Waals surface area contributed by atoms with Crippen molar-refractivity contribution >= 4 is 0 Å². The molecule has 0 heterocycles. The molecule has 1 aromatic rings. The minimum atomic E-state index is -0.199. The lowest BCUT2D eigenvalue weighted by molar-refractivity contribution is -0.121. The largest absolute Gasteiger partial charge is 0.354 e. The lowest BCUT2D eigenvalue weighted by Gasteiger charge is -2.27. The van der Waals surface area contributed by atoms with Gasteiger partial charge in [-0.3, -0.25) is 0 Å². The Morgan fingerprint density at radius 1 is 1.11 bits per heavy atom. The van der Waals surface area contributed by atoms with Gasteiger partial charge in [0, 0.05) is 20.3 Å². The van der Waals surface area contributed by atoms with E-state index in [1.807, 2.05) is 6.07 Å². The van der Waals surface area contributed by atoms with Gasteiger partial charge in [0.05, 0.1) is 6.04 Å². The van der Waals surface area contributed by atoms with Crippen LogP contribution in [0.15, 0.2) is 30.3 Å². The molecule has 0 aromatic heterocycles. The molecular weight excluding hydrogens is 226 g/mol. The summed E-state index contributed by atoms with van der Waals surface area (Å²) < 4.78 is 10.5. The van der Waals surface area contributed by atoms with Crippen molar-refractivity contribution < 1.29 is 9.47 Å². The number of nitrogens with one attached hydrogen (secondary N) is 1. The lowest BCUT2D eigenvalue weighted by Crippen LogP contribution is -2.45. The molecule has 0 radical (unpaired) electrons. The van der Waals surface area contributed by atoms with Crippen molar-refractivity contribution in [2.75, 3.05) is 14.2 Å². The van der Waals surface area contributed by atoms with Crippen LogP contribution < -0.4 is 5.32 Å². The highest BCUT2D eigenvalue weighted by molar-refractivity contribution is 5.15. The molecule has 0 saturated heterocycles. The third kappa shape index (κ3) is 4.77. The Balaban J connectivity index is 2.51. The fourth-order valence-electron chi connectivity index (χ4n) is 2.17. The molecule has 3 heteroatoms. The summed E-state index contributed by atoms with van der Waals surface area (Å²) in [6.07, 6.45) is 1.91. The summed E-state index contributed by atoms with van der Waals surface area (Å²) in [4.78, 5) is 0. The number of hydrogen-bond acceptors (Lipinski definition) is 3. The van der Waals surface area contributed by atoms with Crippen LogP contribution in [0.3, 0.4) is 0 Å². The van der Waals surface area contributed by atoms with E-state index in [2.05, 4.69) is 43.4 Å². The first-order valence-corrected chi connectivity index (χ1v) is 6.56. The predicted octanol–water partition coefficient (Wildman–Crippen LogP) is 2.60. The van der Waals surface area contributed by atoms with Gasteiger partial charge in [0.15, 0.2) is 6.29 Å². The van der Waals surface area contributed by atoms with Gasteiger partial charge in [-0.1, -0.05) is 37.3 Å². The van der Waals surface area contributed by atoms with E-state index in [4.69, 9.17) is 9.47 Å². The number of hydrogen-bond donors (Lipinski definition) is 1. The Hall–Kier alpha value is -0.900. The van der Waals surface area contributed by atoms with E-state index in [0.717, 1.165) is 12.8 Å². The maximum absolute atomic E-state index is 5.27. The molecule has 0 amide bonds. The third-order valence-corrected chi connectivity index (χ3v) is 3.19. The maximum atomic E-state index is 5.27. The van der Waals surface area contributed by atoms with Crippen LogP contribution in [0.1, 0.15) is 25.8 Å². The first-order valence-electron chi connectivity index (χ1n) is 6.56. The van der Waals surface area contributed by atoms with Crippen LogP contribution in [0, 0.1) is 0 Å². The molecule has 3 nitrogen and oxygen atoms in total. The molecule has 0 spiro atoms. The Labute approximate surface area is 110 Å². The number of methoxy groups -OCH3 is 2. The molecule has 0 bridgehead atoms. The first kappa shape index (κ1) is 15.2. The minimum Gasteiger partial charge on any atom is -0.354 e. The van der Waals surface area contributed by atoms with E-state index in [0.29, 0.717) is 6.04 Å². The third-order valence-electron chi connectivity index (χ3n) is 3.19. The summed E-state index contributed by atoms with van der Waals surface area (Å²) >= 11 is 0. The van der Waals surface area contributed by atoms with Crippen molar-refractivity contribution in [1.29, 1.82) is 0 Å². The predicted molar refractivity (Wildman–Crippen MR) is 74.6 cm³/mol. The lowest BCUT2D eigenvalue weighted by atomic mass is 10.0. The Morgan fingerprint density at radius 2 is 1.72 bits per heavy atom. The van der Waals surface area contributed by atoms with E-state index in [1.54, 1.807) is 14.2 Å². The van der Waals surface area contributed by atoms with E-state index in [-0.39, 0.29) is 12.3 Å². The number of rotatable bonds is 8. The second-order valence-corrected chi connectivity index (χ2v) is 4.59. The molecular formula is C15H25NO2. The van der Waals surface area contributed by atoms with Crippen LogP contribution in [0.25, 0.3) is 0 Å². The van der Waals surface area contributed by atoms with Gasteiger partial charge in [-0.05, 0) is 25.3 Å². The zero-order chi connectivity index (χ0) is 13.4. The number of ether oxygens (including phenoxy) is 2. The quantitative estimate of drug-likeness (QED) is 0.720. The first-order chi connectivity index (χ1) is 8.71. The molecule has 2 atom stereocenters. The SMILES string of the molecule is CCC(Cc1ccccc1)NC(C)C(OC)OC. The van der Waals surface area contributed by atoms with Crippen LogP contribution in [0.4, 0.5) is 0 Å². The summed E-state index contributed by atoms with van der Waals surface area (Å²) in [6, 6.07) is 11.2. The highest BCUT2D eigenvalue weighted by atomic mass is 16.7. The maximum Gasteiger partial charge on any atom is 0.171 e. The Kier molecular flexibility index (Phi) is 6.94. The molecule has 0 aliphatic carbocycles. The normalized spacial score (nSPS) is 14.7. The smallest absolute Gasteiger partial charge is 0.171 e. The van der Waals surface area contributed by atoms with Gasteiger partial charge < -0.3 is 14.8 Å². The number of benzene rings is 1. The highest BCUT2D eigenvalue weighted by Crippen LogP contribution is 2.08. The van der Waals surface area contributed by atoms with Crippen molar-refractivity contribution in [3.05, 3.63) is 35.9 Å². The molecule has 0 aliphatic rings. The monoisotopic (exact) mass is 251 g/mol. The zero-order valence-corrected chi connectivity index (χ0v) is 11.8. The molecule has 1 rings (SSSR count). The summed E-state index contributed by atoms with van der Waals surface area (Å²) in [5, 5.41) is 3.57. The average Bonchev–Trinajstić information content (AvgIpc) is 2.40.